The summed E-state index contributed by atoms with van der Waals surface area (Å²) in [4.78, 5) is 0. The number of benzene rings is 2. The summed E-state index contributed by atoms with van der Waals surface area (Å²) in [6.45, 7) is 0.331. The highest BCUT2D eigenvalue weighted by Gasteiger charge is 2.02. The van der Waals surface area contributed by atoms with E-state index in [-0.39, 0.29) is 11.6 Å². The molecule has 0 aliphatic carbocycles. The van der Waals surface area contributed by atoms with Crippen molar-refractivity contribution >= 4 is 5.69 Å². The lowest BCUT2D eigenvalue weighted by Crippen LogP contribution is -2.00. The standard InChI is InChI=1S/C15H12FNO/c1-2-11-4-3-5-14(8-11)17-10-12-9-13(16)6-7-15(12)18/h1,3-9,17-18H,10H2. The van der Waals surface area contributed by atoms with Crippen LogP contribution in [-0.2, 0) is 6.54 Å². The first-order chi connectivity index (χ1) is 8.69. The molecule has 0 aliphatic heterocycles. The summed E-state index contributed by atoms with van der Waals surface area (Å²) in [6, 6.07) is 11.2. The van der Waals surface area contributed by atoms with Gasteiger partial charge in [0, 0.05) is 23.4 Å². The lowest BCUT2D eigenvalue weighted by Gasteiger charge is -2.08. The van der Waals surface area contributed by atoms with Gasteiger partial charge in [-0.2, -0.15) is 0 Å². The van der Waals surface area contributed by atoms with Crippen LogP contribution in [0.15, 0.2) is 42.5 Å². The molecule has 2 aromatic carbocycles. The van der Waals surface area contributed by atoms with E-state index < -0.39 is 0 Å². The summed E-state index contributed by atoms with van der Waals surface area (Å²) >= 11 is 0. The molecule has 2 nitrogen and oxygen atoms in total. The van der Waals surface area contributed by atoms with Crippen molar-refractivity contribution in [3.63, 3.8) is 0 Å². The van der Waals surface area contributed by atoms with Gasteiger partial charge in [0.2, 0.25) is 0 Å². The van der Waals surface area contributed by atoms with Gasteiger partial charge < -0.3 is 10.4 Å². The fraction of sp³-hybridized carbons (Fsp3) is 0.0667. The minimum absolute atomic E-state index is 0.0667. The van der Waals surface area contributed by atoms with E-state index in [1.807, 2.05) is 24.3 Å². The van der Waals surface area contributed by atoms with Crippen molar-refractivity contribution in [1.29, 1.82) is 0 Å². The van der Waals surface area contributed by atoms with Crippen molar-refractivity contribution in [3.8, 4) is 18.1 Å². The summed E-state index contributed by atoms with van der Waals surface area (Å²) in [6.07, 6.45) is 5.30. The third kappa shape index (κ3) is 2.80. The average Bonchev–Trinajstić information content (AvgIpc) is 2.40. The minimum Gasteiger partial charge on any atom is -0.508 e. The van der Waals surface area contributed by atoms with Gasteiger partial charge in [0.15, 0.2) is 0 Å². The SMILES string of the molecule is C#Cc1cccc(NCc2cc(F)ccc2O)c1. The summed E-state index contributed by atoms with van der Waals surface area (Å²) < 4.78 is 13.0. The molecule has 18 heavy (non-hydrogen) atoms. The quantitative estimate of drug-likeness (QED) is 0.809. The molecule has 0 aromatic heterocycles. The highest BCUT2D eigenvalue weighted by atomic mass is 19.1. The molecular weight excluding hydrogens is 229 g/mol. The molecule has 0 atom stereocenters. The molecule has 2 aromatic rings. The third-order valence-corrected chi connectivity index (χ3v) is 2.55. The van der Waals surface area contributed by atoms with Crippen LogP contribution in [0.25, 0.3) is 0 Å². The van der Waals surface area contributed by atoms with Gasteiger partial charge in [-0.15, -0.1) is 6.42 Å². The van der Waals surface area contributed by atoms with Crippen molar-refractivity contribution in [2.45, 2.75) is 6.54 Å². The summed E-state index contributed by atoms with van der Waals surface area (Å²) in [5, 5.41) is 12.7. The number of hydrogen-bond donors (Lipinski definition) is 2. The van der Waals surface area contributed by atoms with Crippen molar-refractivity contribution in [1.82, 2.24) is 0 Å². The van der Waals surface area contributed by atoms with Crippen LogP contribution >= 0.6 is 0 Å². The van der Waals surface area contributed by atoms with Gasteiger partial charge in [0.25, 0.3) is 0 Å². The maximum absolute atomic E-state index is 13.0. The number of anilines is 1. The molecule has 0 radical (unpaired) electrons. The van der Waals surface area contributed by atoms with E-state index in [0.29, 0.717) is 12.1 Å². The Morgan fingerprint density at radius 3 is 2.83 bits per heavy atom. The number of phenolic OH excluding ortho intramolecular Hbond substituents is 1. The molecule has 2 rings (SSSR count). The first kappa shape index (κ1) is 12.0. The van der Waals surface area contributed by atoms with Gasteiger partial charge in [-0.1, -0.05) is 12.0 Å². The summed E-state index contributed by atoms with van der Waals surface area (Å²) in [7, 11) is 0. The second-order valence-electron chi connectivity index (χ2n) is 3.85. The number of terminal acetylenes is 1. The number of aromatic hydroxyl groups is 1. The topological polar surface area (TPSA) is 32.3 Å². The molecule has 90 valence electrons. The zero-order chi connectivity index (χ0) is 13.0. The van der Waals surface area contributed by atoms with Crippen molar-refractivity contribution < 1.29 is 9.50 Å². The molecular formula is C15H12FNO. The predicted molar refractivity (Wildman–Crippen MR) is 69.8 cm³/mol. The molecule has 0 saturated carbocycles. The van der Waals surface area contributed by atoms with Gasteiger partial charge in [0.05, 0.1) is 0 Å². The van der Waals surface area contributed by atoms with Crippen LogP contribution in [0.1, 0.15) is 11.1 Å². The highest BCUT2D eigenvalue weighted by molar-refractivity contribution is 5.50. The molecule has 0 amide bonds. The Morgan fingerprint density at radius 1 is 1.22 bits per heavy atom. The Hall–Kier alpha value is -2.47. The molecule has 0 bridgehead atoms. The Morgan fingerprint density at radius 2 is 2.06 bits per heavy atom. The Balaban J connectivity index is 2.11. The van der Waals surface area contributed by atoms with Gasteiger partial charge in [-0.3, -0.25) is 0 Å². The van der Waals surface area contributed by atoms with E-state index in [1.165, 1.54) is 18.2 Å². The Kier molecular flexibility index (Phi) is 3.49. The zero-order valence-electron chi connectivity index (χ0n) is 9.65. The summed E-state index contributed by atoms with van der Waals surface area (Å²) in [5.41, 5.74) is 2.10. The van der Waals surface area contributed by atoms with Crippen LogP contribution in [0.5, 0.6) is 5.75 Å². The molecule has 0 saturated heterocycles. The average molecular weight is 241 g/mol. The maximum Gasteiger partial charge on any atom is 0.123 e. The summed E-state index contributed by atoms with van der Waals surface area (Å²) in [5.74, 6) is 2.23. The second kappa shape index (κ2) is 5.24. The molecule has 0 spiro atoms. The smallest absolute Gasteiger partial charge is 0.123 e. The third-order valence-electron chi connectivity index (χ3n) is 2.55. The van der Waals surface area contributed by atoms with E-state index in [9.17, 15) is 9.50 Å². The first-order valence-corrected chi connectivity index (χ1v) is 5.47. The zero-order valence-corrected chi connectivity index (χ0v) is 9.65. The molecule has 3 heteroatoms. The monoisotopic (exact) mass is 241 g/mol. The van der Waals surface area contributed by atoms with Gasteiger partial charge in [-0.25, -0.2) is 4.39 Å². The van der Waals surface area contributed by atoms with E-state index in [0.717, 1.165) is 11.3 Å². The lowest BCUT2D eigenvalue weighted by molar-refractivity contribution is 0.466. The van der Waals surface area contributed by atoms with Gasteiger partial charge in [-0.05, 0) is 36.4 Å². The van der Waals surface area contributed by atoms with Crippen LogP contribution in [-0.4, -0.2) is 5.11 Å². The van der Waals surface area contributed by atoms with Crippen molar-refractivity contribution in [2.24, 2.45) is 0 Å². The minimum atomic E-state index is -0.373. The van der Waals surface area contributed by atoms with E-state index in [2.05, 4.69) is 11.2 Å². The van der Waals surface area contributed by atoms with Crippen LogP contribution in [0.2, 0.25) is 0 Å². The van der Waals surface area contributed by atoms with Crippen molar-refractivity contribution in [2.75, 3.05) is 5.32 Å². The second-order valence-corrected chi connectivity index (χ2v) is 3.85. The number of hydrogen-bond acceptors (Lipinski definition) is 2. The molecule has 0 aliphatic rings. The number of phenols is 1. The fourth-order valence-electron chi connectivity index (χ4n) is 1.61. The van der Waals surface area contributed by atoms with E-state index in [4.69, 9.17) is 6.42 Å². The normalized spacial score (nSPS) is 9.78. The first-order valence-electron chi connectivity index (χ1n) is 5.47. The van der Waals surface area contributed by atoms with Gasteiger partial charge >= 0.3 is 0 Å². The molecule has 0 fully saturated rings. The van der Waals surface area contributed by atoms with Crippen LogP contribution in [0, 0.1) is 18.2 Å². The number of rotatable bonds is 3. The van der Waals surface area contributed by atoms with Crippen molar-refractivity contribution in [3.05, 3.63) is 59.4 Å². The Labute approximate surface area is 105 Å². The Bertz CT molecular complexity index is 602. The van der Waals surface area contributed by atoms with Crippen LogP contribution in [0.4, 0.5) is 10.1 Å². The van der Waals surface area contributed by atoms with Crippen LogP contribution in [0.3, 0.4) is 0 Å². The lowest BCUT2D eigenvalue weighted by atomic mass is 10.1. The number of halogens is 1. The molecule has 0 unspecified atom stereocenters. The largest absolute Gasteiger partial charge is 0.508 e. The predicted octanol–water partition coefficient (Wildman–Crippen LogP) is 3.12. The fourth-order valence-corrected chi connectivity index (χ4v) is 1.61. The van der Waals surface area contributed by atoms with E-state index in [1.54, 1.807) is 0 Å². The van der Waals surface area contributed by atoms with Crippen LogP contribution < -0.4 is 5.32 Å². The van der Waals surface area contributed by atoms with Gasteiger partial charge in [0.1, 0.15) is 11.6 Å². The molecule has 2 N–H and O–H groups in total. The molecule has 0 heterocycles. The number of nitrogens with one attached hydrogen (secondary N) is 1. The highest BCUT2D eigenvalue weighted by Crippen LogP contribution is 2.19. The maximum atomic E-state index is 13.0. The van der Waals surface area contributed by atoms with E-state index >= 15 is 0 Å².